The third-order valence-electron chi connectivity index (χ3n) is 4.46. The molecule has 1 atom stereocenters. The van der Waals surface area contributed by atoms with Crippen LogP contribution >= 0.6 is 0 Å². The first kappa shape index (κ1) is 13.8. The highest BCUT2D eigenvalue weighted by atomic mass is 16.4. The zero-order valence-corrected chi connectivity index (χ0v) is 11.7. The highest BCUT2D eigenvalue weighted by Gasteiger charge is 2.32. The van der Waals surface area contributed by atoms with E-state index in [0.717, 1.165) is 32.2 Å². The quantitative estimate of drug-likeness (QED) is 0.832. The van der Waals surface area contributed by atoms with Crippen LogP contribution in [0.4, 0.5) is 0 Å². The Hall–Kier alpha value is -0.610. The van der Waals surface area contributed by atoms with Gasteiger partial charge in [-0.3, -0.25) is 14.6 Å². The fourth-order valence-corrected chi connectivity index (χ4v) is 3.45. The van der Waals surface area contributed by atoms with Crippen LogP contribution in [0.25, 0.3) is 0 Å². The number of carbonyl (C=O) groups is 1. The van der Waals surface area contributed by atoms with Crippen molar-refractivity contribution in [2.45, 2.75) is 45.6 Å². The molecule has 0 spiro atoms. The number of carboxylic acids is 1. The lowest BCUT2D eigenvalue weighted by Gasteiger charge is -2.44. The van der Waals surface area contributed by atoms with Gasteiger partial charge in [-0.2, -0.15) is 0 Å². The molecule has 0 amide bonds. The third-order valence-corrected chi connectivity index (χ3v) is 4.46. The maximum atomic E-state index is 10.7. The number of hydrogen-bond donors (Lipinski definition) is 1. The molecular weight excluding hydrogens is 228 g/mol. The van der Waals surface area contributed by atoms with Gasteiger partial charge in [0.1, 0.15) is 0 Å². The van der Waals surface area contributed by atoms with Gasteiger partial charge in [-0.1, -0.05) is 20.3 Å². The molecule has 0 aromatic carbocycles. The third kappa shape index (κ3) is 3.69. The van der Waals surface area contributed by atoms with Crippen molar-refractivity contribution in [3.05, 3.63) is 0 Å². The summed E-state index contributed by atoms with van der Waals surface area (Å²) >= 11 is 0. The lowest BCUT2D eigenvalue weighted by atomic mass is 9.74. The molecular formula is C14H26N2O2. The van der Waals surface area contributed by atoms with E-state index in [1.807, 2.05) is 4.90 Å². The molecule has 0 aromatic rings. The van der Waals surface area contributed by atoms with E-state index in [0.29, 0.717) is 5.41 Å². The molecule has 2 rings (SSSR count). The Morgan fingerprint density at radius 2 is 1.94 bits per heavy atom. The molecule has 2 aliphatic rings. The van der Waals surface area contributed by atoms with Crippen molar-refractivity contribution >= 4 is 5.97 Å². The Morgan fingerprint density at radius 3 is 2.50 bits per heavy atom. The van der Waals surface area contributed by atoms with Crippen LogP contribution in [-0.4, -0.2) is 59.6 Å². The van der Waals surface area contributed by atoms with Gasteiger partial charge in [0.2, 0.25) is 0 Å². The molecule has 0 bridgehead atoms. The maximum absolute atomic E-state index is 10.7. The molecule has 0 radical (unpaired) electrons. The van der Waals surface area contributed by atoms with Crippen LogP contribution in [0.2, 0.25) is 0 Å². The molecule has 1 aliphatic carbocycles. The van der Waals surface area contributed by atoms with Crippen molar-refractivity contribution in [1.29, 1.82) is 0 Å². The summed E-state index contributed by atoms with van der Waals surface area (Å²) in [4.78, 5) is 15.3. The molecule has 2 fully saturated rings. The molecule has 1 aliphatic heterocycles. The Labute approximate surface area is 110 Å². The normalized spacial score (nSPS) is 30.2. The number of piperazine rings is 1. The van der Waals surface area contributed by atoms with E-state index in [9.17, 15) is 4.79 Å². The molecule has 4 heteroatoms. The van der Waals surface area contributed by atoms with Crippen molar-refractivity contribution in [3.8, 4) is 0 Å². The first-order valence-corrected chi connectivity index (χ1v) is 7.14. The van der Waals surface area contributed by atoms with Gasteiger partial charge >= 0.3 is 5.97 Å². The van der Waals surface area contributed by atoms with Crippen LogP contribution in [0.3, 0.4) is 0 Å². The summed E-state index contributed by atoms with van der Waals surface area (Å²) in [6.07, 6.45) is 5.31. The summed E-state index contributed by atoms with van der Waals surface area (Å²) in [5, 5.41) is 8.79. The molecule has 1 unspecified atom stereocenters. The van der Waals surface area contributed by atoms with E-state index in [-0.39, 0.29) is 6.54 Å². The van der Waals surface area contributed by atoms with Crippen molar-refractivity contribution in [2.75, 3.05) is 32.7 Å². The van der Waals surface area contributed by atoms with Crippen LogP contribution in [0.5, 0.6) is 0 Å². The molecule has 1 N–H and O–H groups in total. The number of carboxylic acid groups (broad SMARTS) is 1. The lowest BCUT2D eigenvalue weighted by molar-refractivity contribution is -0.138. The Bertz CT molecular complexity index is 296. The smallest absolute Gasteiger partial charge is 0.317 e. The summed E-state index contributed by atoms with van der Waals surface area (Å²) in [5.74, 6) is -0.706. The maximum Gasteiger partial charge on any atom is 0.317 e. The van der Waals surface area contributed by atoms with Gasteiger partial charge in [-0.05, 0) is 24.7 Å². The van der Waals surface area contributed by atoms with E-state index in [1.54, 1.807) is 0 Å². The molecule has 0 aromatic heterocycles. The van der Waals surface area contributed by atoms with Crippen molar-refractivity contribution < 1.29 is 9.90 Å². The number of aliphatic carboxylic acids is 1. The summed E-state index contributed by atoms with van der Waals surface area (Å²) in [6.45, 7) is 8.83. The van der Waals surface area contributed by atoms with Crippen LogP contribution in [-0.2, 0) is 4.79 Å². The van der Waals surface area contributed by atoms with E-state index in [2.05, 4.69) is 18.7 Å². The number of rotatable bonds is 3. The fraction of sp³-hybridized carbons (Fsp3) is 0.929. The molecule has 18 heavy (non-hydrogen) atoms. The van der Waals surface area contributed by atoms with Crippen molar-refractivity contribution in [2.24, 2.45) is 5.41 Å². The van der Waals surface area contributed by atoms with E-state index in [1.165, 1.54) is 25.7 Å². The highest BCUT2D eigenvalue weighted by Crippen LogP contribution is 2.37. The van der Waals surface area contributed by atoms with Crippen LogP contribution in [0.1, 0.15) is 39.5 Å². The summed E-state index contributed by atoms with van der Waals surface area (Å²) in [5.41, 5.74) is 0.487. The average molecular weight is 254 g/mol. The molecule has 104 valence electrons. The van der Waals surface area contributed by atoms with Crippen LogP contribution in [0.15, 0.2) is 0 Å². The summed E-state index contributed by atoms with van der Waals surface area (Å²) in [6, 6.07) is 0.723. The van der Waals surface area contributed by atoms with Crippen molar-refractivity contribution in [1.82, 2.24) is 9.80 Å². The minimum atomic E-state index is -0.706. The Balaban J connectivity index is 1.80. The minimum absolute atomic E-state index is 0.198. The monoisotopic (exact) mass is 254 g/mol. The first-order chi connectivity index (χ1) is 8.46. The second-order valence-corrected chi connectivity index (χ2v) is 6.62. The molecule has 1 saturated heterocycles. The van der Waals surface area contributed by atoms with Gasteiger partial charge in [0, 0.05) is 32.2 Å². The molecule has 1 heterocycles. The van der Waals surface area contributed by atoms with E-state index in [4.69, 9.17) is 5.11 Å². The SMILES string of the molecule is CC1(C)CCCC(N2CCN(CC(=O)O)CC2)C1. The Morgan fingerprint density at radius 1 is 1.28 bits per heavy atom. The van der Waals surface area contributed by atoms with Crippen LogP contribution < -0.4 is 0 Å². The van der Waals surface area contributed by atoms with Crippen LogP contribution in [0, 0.1) is 5.41 Å². The van der Waals surface area contributed by atoms with Crippen molar-refractivity contribution in [3.63, 3.8) is 0 Å². The minimum Gasteiger partial charge on any atom is -0.480 e. The second kappa shape index (κ2) is 5.57. The second-order valence-electron chi connectivity index (χ2n) is 6.62. The fourth-order valence-electron chi connectivity index (χ4n) is 3.45. The van der Waals surface area contributed by atoms with Gasteiger partial charge in [0.15, 0.2) is 0 Å². The van der Waals surface area contributed by atoms with E-state index < -0.39 is 5.97 Å². The molecule has 1 saturated carbocycles. The predicted molar refractivity (Wildman–Crippen MR) is 71.7 cm³/mol. The van der Waals surface area contributed by atoms with Gasteiger partial charge in [-0.15, -0.1) is 0 Å². The first-order valence-electron chi connectivity index (χ1n) is 7.14. The molecule has 4 nitrogen and oxygen atoms in total. The van der Waals surface area contributed by atoms with Gasteiger partial charge in [0.25, 0.3) is 0 Å². The Kier molecular flexibility index (Phi) is 4.28. The zero-order chi connectivity index (χ0) is 13.2. The summed E-state index contributed by atoms with van der Waals surface area (Å²) < 4.78 is 0. The number of hydrogen-bond acceptors (Lipinski definition) is 3. The largest absolute Gasteiger partial charge is 0.480 e. The lowest BCUT2D eigenvalue weighted by Crippen LogP contribution is -2.52. The summed E-state index contributed by atoms with van der Waals surface area (Å²) in [7, 11) is 0. The average Bonchev–Trinajstić information content (AvgIpc) is 2.28. The topological polar surface area (TPSA) is 43.8 Å². The standard InChI is InChI=1S/C14H26N2O2/c1-14(2)5-3-4-12(10-14)16-8-6-15(7-9-16)11-13(17)18/h12H,3-11H2,1-2H3,(H,17,18). The van der Waals surface area contributed by atoms with Gasteiger partial charge in [-0.25, -0.2) is 0 Å². The van der Waals surface area contributed by atoms with Gasteiger partial charge < -0.3 is 5.11 Å². The highest BCUT2D eigenvalue weighted by molar-refractivity contribution is 5.69. The van der Waals surface area contributed by atoms with Gasteiger partial charge in [0.05, 0.1) is 6.54 Å². The zero-order valence-electron chi connectivity index (χ0n) is 11.7. The number of nitrogens with zero attached hydrogens (tertiary/aromatic N) is 2. The predicted octanol–water partition coefficient (Wildman–Crippen LogP) is 1.66. The van der Waals surface area contributed by atoms with E-state index >= 15 is 0 Å².